The van der Waals surface area contributed by atoms with Crippen LogP contribution in [0.4, 0.5) is 11.4 Å². The molecule has 0 atom stereocenters. The maximum atomic E-state index is 10.5. The van der Waals surface area contributed by atoms with Crippen LogP contribution in [0, 0.1) is 0 Å². The van der Waals surface area contributed by atoms with Crippen molar-refractivity contribution in [1.29, 1.82) is 0 Å². The number of halogens is 1. The molecule has 5 nitrogen and oxygen atoms in total. The topological polar surface area (TPSA) is 62.8 Å². The lowest BCUT2D eigenvalue weighted by atomic mass is 10.1. The SMILES string of the molecule is Oc1ccc2ccccc2c1N=Nc1ccccc1-c1nc2ccccc2n1-c1ccc(Cl)cc1. The highest BCUT2D eigenvalue weighted by Gasteiger charge is 2.17. The molecule has 1 N–H and O–H groups in total. The molecule has 35 heavy (non-hydrogen) atoms. The van der Waals surface area contributed by atoms with Gasteiger partial charge in [0.15, 0.2) is 0 Å². The highest BCUT2D eigenvalue weighted by molar-refractivity contribution is 6.30. The summed E-state index contributed by atoms with van der Waals surface area (Å²) in [7, 11) is 0. The summed E-state index contributed by atoms with van der Waals surface area (Å²) in [5.41, 5.74) is 4.69. The van der Waals surface area contributed by atoms with Gasteiger partial charge in [-0.05, 0) is 60.0 Å². The molecule has 6 rings (SSSR count). The minimum atomic E-state index is 0.0818. The molecule has 0 spiro atoms. The molecule has 6 heteroatoms. The number of benzene rings is 5. The molecule has 0 saturated heterocycles. The van der Waals surface area contributed by atoms with Crippen molar-refractivity contribution in [1.82, 2.24) is 9.55 Å². The minimum Gasteiger partial charge on any atom is -0.506 e. The molecule has 1 aromatic heterocycles. The number of phenolic OH excluding ortho intramolecular Hbond substituents is 1. The molecular formula is C29H19ClN4O. The van der Waals surface area contributed by atoms with E-state index in [2.05, 4.69) is 14.8 Å². The Morgan fingerprint density at radius 2 is 1.46 bits per heavy atom. The molecule has 0 radical (unpaired) electrons. The second kappa shape index (κ2) is 8.70. The summed E-state index contributed by atoms with van der Waals surface area (Å²) in [4.78, 5) is 4.94. The molecule has 6 aromatic rings. The van der Waals surface area contributed by atoms with E-state index < -0.39 is 0 Å². The van der Waals surface area contributed by atoms with Crippen molar-refractivity contribution in [2.24, 2.45) is 10.2 Å². The van der Waals surface area contributed by atoms with Gasteiger partial charge in [0.1, 0.15) is 17.3 Å². The van der Waals surface area contributed by atoms with Crippen LogP contribution in [0.1, 0.15) is 0 Å². The number of imidazole rings is 1. The Balaban J connectivity index is 1.54. The average Bonchev–Trinajstić information content (AvgIpc) is 3.28. The van der Waals surface area contributed by atoms with Crippen LogP contribution in [0.25, 0.3) is 38.9 Å². The molecule has 168 valence electrons. The van der Waals surface area contributed by atoms with Crippen LogP contribution in [0.3, 0.4) is 0 Å². The first-order valence-electron chi connectivity index (χ1n) is 11.1. The highest BCUT2D eigenvalue weighted by atomic mass is 35.5. The summed E-state index contributed by atoms with van der Waals surface area (Å²) in [6, 6.07) is 34.7. The van der Waals surface area contributed by atoms with Crippen molar-refractivity contribution < 1.29 is 5.11 Å². The quantitative estimate of drug-likeness (QED) is 0.260. The van der Waals surface area contributed by atoms with E-state index in [-0.39, 0.29) is 5.75 Å². The van der Waals surface area contributed by atoms with Crippen LogP contribution in [0.5, 0.6) is 5.75 Å². The molecule has 0 aliphatic heterocycles. The summed E-state index contributed by atoms with van der Waals surface area (Å²) in [5.74, 6) is 0.823. The van der Waals surface area contributed by atoms with Gasteiger partial charge in [-0.15, -0.1) is 10.2 Å². The minimum absolute atomic E-state index is 0.0818. The summed E-state index contributed by atoms with van der Waals surface area (Å²) in [6.07, 6.45) is 0. The summed E-state index contributed by atoms with van der Waals surface area (Å²) in [6.45, 7) is 0. The van der Waals surface area contributed by atoms with Gasteiger partial charge in [0.2, 0.25) is 0 Å². The monoisotopic (exact) mass is 474 g/mol. The molecule has 0 fully saturated rings. The third kappa shape index (κ3) is 3.82. The normalized spacial score (nSPS) is 11.6. The van der Waals surface area contributed by atoms with Crippen molar-refractivity contribution in [2.45, 2.75) is 0 Å². The van der Waals surface area contributed by atoms with Crippen LogP contribution < -0.4 is 0 Å². The van der Waals surface area contributed by atoms with Gasteiger partial charge < -0.3 is 5.11 Å². The Morgan fingerprint density at radius 1 is 0.714 bits per heavy atom. The second-order valence-corrected chi connectivity index (χ2v) is 8.54. The molecule has 0 bridgehead atoms. The maximum Gasteiger partial charge on any atom is 0.147 e. The van der Waals surface area contributed by atoms with Crippen molar-refractivity contribution in [2.75, 3.05) is 0 Å². The first-order chi connectivity index (χ1) is 17.2. The Morgan fingerprint density at radius 3 is 2.34 bits per heavy atom. The summed E-state index contributed by atoms with van der Waals surface area (Å²) >= 11 is 6.15. The van der Waals surface area contributed by atoms with E-state index in [1.807, 2.05) is 103 Å². The third-order valence-corrected chi connectivity index (χ3v) is 6.18. The lowest BCUT2D eigenvalue weighted by Gasteiger charge is -2.11. The van der Waals surface area contributed by atoms with Crippen LogP contribution in [0.15, 0.2) is 119 Å². The Bertz CT molecular complexity index is 1720. The van der Waals surface area contributed by atoms with E-state index in [0.717, 1.165) is 38.9 Å². The van der Waals surface area contributed by atoms with Gasteiger partial charge >= 0.3 is 0 Å². The number of azo groups is 1. The van der Waals surface area contributed by atoms with Gasteiger partial charge in [-0.2, -0.15) is 0 Å². The summed E-state index contributed by atoms with van der Waals surface area (Å²) in [5, 5.41) is 22.0. The Labute approximate surface area is 206 Å². The Hall–Kier alpha value is -4.48. The average molecular weight is 475 g/mol. The number of hydrogen-bond donors (Lipinski definition) is 1. The number of fused-ring (bicyclic) bond motifs is 2. The third-order valence-electron chi connectivity index (χ3n) is 5.93. The molecule has 1 heterocycles. The van der Waals surface area contributed by atoms with Gasteiger partial charge in [-0.1, -0.05) is 66.2 Å². The van der Waals surface area contributed by atoms with Gasteiger partial charge in [-0.25, -0.2) is 4.98 Å². The smallest absolute Gasteiger partial charge is 0.147 e. The van der Waals surface area contributed by atoms with Crippen LogP contribution in [0.2, 0.25) is 5.02 Å². The van der Waals surface area contributed by atoms with E-state index in [1.165, 1.54) is 0 Å². The highest BCUT2D eigenvalue weighted by Crippen LogP contribution is 2.39. The lowest BCUT2D eigenvalue weighted by molar-refractivity contribution is 0.477. The first kappa shape index (κ1) is 21.1. The number of para-hydroxylation sites is 2. The number of nitrogens with zero attached hydrogens (tertiary/aromatic N) is 4. The van der Waals surface area contributed by atoms with E-state index >= 15 is 0 Å². The van der Waals surface area contributed by atoms with Crippen molar-refractivity contribution >= 4 is 44.8 Å². The summed E-state index contributed by atoms with van der Waals surface area (Å²) < 4.78 is 2.09. The largest absolute Gasteiger partial charge is 0.506 e. The molecule has 0 aliphatic rings. The van der Waals surface area contributed by atoms with Gasteiger partial charge in [-0.3, -0.25) is 4.57 Å². The maximum absolute atomic E-state index is 10.5. The van der Waals surface area contributed by atoms with Crippen LogP contribution in [-0.2, 0) is 0 Å². The predicted octanol–water partition coefficient (Wildman–Crippen LogP) is 8.62. The van der Waals surface area contributed by atoms with Crippen LogP contribution >= 0.6 is 11.6 Å². The zero-order chi connectivity index (χ0) is 23.8. The predicted molar refractivity (Wildman–Crippen MR) is 141 cm³/mol. The number of phenols is 1. The van der Waals surface area contributed by atoms with Crippen molar-refractivity contribution in [3.8, 4) is 22.8 Å². The van der Waals surface area contributed by atoms with Crippen molar-refractivity contribution in [3.05, 3.63) is 114 Å². The van der Waals surface area contributed by atoms with Gasteiger partial charge in [0.25, 0.3) is 0 Å². The van der Waals surface area contributed by atoms with Crippen LogP contribution in [-0.4, -0.2) is 14.7 Å². The standard InChI is InChI=1S/C29H19ClN4O/c30-20-14-16-21(17-15-20)34-26-12-6-5-11-25(26)31-29(34)23-9-3-4-10-24(23)32-33-28-22-8-2-1-7-19(22)13-18-27(28)35/h1-18,35H. The van der Waals surface area contributed by atoms with Crippen molar-refractivity contribution in [3.63, 3.8) is 0 Å². The molecule has 5 aromatic carbocycles. The number of aromatic nitrogens is 2. The fraction of sp³-hybridized carbons (Fsp3) is 0. The van der Waals surface area contributed by atoms with E-state index in [1.54, 1.807) is 6.07 Å². The Kier molecular flexibility index (Phi) is 5.24. The molecule has 0 aliphatic carbocycles. The van der Waals surface area contributed by atoms with Gasteiger partial charge in [0, 0.05) is 21.7 Å². The number of aromatic hydroxyl groups is 1. The first-order valence-corrected chi connectivity index (χ1v) is 11.5. The number of rotatable bonds is 4. The lowest BCUT2D eigenvalue weighted by Crippen LogP contribution is -1.97. The molecule has 0 unspecified atom stereocenters. The van der Waals surface area contributed by atoms with E-state index in [9.17, 15) is 5.11 Å². The number of hydrogen-bond acceptors (Lipinski definition) is 4. The molecule has 0 saturated carbocycles. The zero-order valence-corrected chi connectivity index (χ0v) is 19.3. The fourth-order valence-corrected chi connectivity index (χ4v) is 4.39. The molecule has 0 amide bonds. The zero-order valence-electron chi connectivity index (χ0n) is 18.5. The molecular weight excluding hydrogens is 456 g/mol. The van der Waals surface area contributed by atoms with Gasteiger partial charge in [0.05, 0.1) is 16.7 Å². The van der Waals surface area contributed by atoms with E-state index in [4.69, 9.17) is 16.6 Å². The van der Waals surface area contributed by atoms with E-state index in [0.29, 0.717) is 16.4 Å². The second-order valence-electron chi connectivity index (χ2n) is 8.11. The fourth-order valence-electron chi connectivity index (χ4n) is 4.26.